The number of carbonyl (C=O) groups is 2. The Kier molecular flexibility index (Phi) is 9.13. The van der Waals surface area contributed by atoms with Gasteiger partial charge in [-0.1, -0.05) is 12.1 Å². The molecule has 3 aromatic rings. The van der Waals surface area contributed by atoms with E-state index in [1.54, 1.807) is 49.6 Å². The highest BCUT2D eigenvalue weighted by molar-refractivity contribution is 7.89. The van der Waals surface area contributed by atoms with Gasteiger partial charge in [0.1, 0.15) is 24.2 Å². The van der Waals surface area contributed by atoms with E-state index in [-0.39, 0.29) is 36.8 Å². The maximum Gasteiger partial charge on any atom is 0.266 e. The minimum Gasteiger partial charge on any atom is -0.489 e. The van der Waals surface area contributed by atoms with Gasteiger partial charge in [-0.05, 0) is 66.4 Å². The van der Waals surface area contributed by atoms with Gasteiger partial charge >= 0.3 is 0 Å². The van der Waals surface area contributed by atoms with Crippen LogP contribution < -0.4 is 15.4 Å². The molecule has 3 N–H and O–H groups in total. The summed E-state index contributed by atoms with van der Waals surface area (Å²) in [4.78, 5) is 29.3. The number of benzene rings is 2. The van der Waals surface area contributed by atoms with E-state index in [2.05, 4.69) is 15.6 Å². The Bertz CT molecular complexity index is 1470. The molecule has 212 valence electrons. The third kappa shape index (κ3) is 7.00. The Balaban J connectivity index is 1.53. The van der Waals surface area contributed by atoms with Crippen molar-refractivity contribution in [1.82, 2.24) is 19.9 Å². The molecule has 3 atom stereocenters. The van der Waals surface area contributed by atoms with E-state index >= 15 is 0 Å². The molecule has 1 aliphatic rings. The first-order chi connectivity index (χ1) is 19.0. The van der Waals surface area contributed by atoms with E-state index in [0.717, 1.165) is 9.87 Å². The molecule has 40 heavy (non-hydrogen) atoms. The van der Waals surface area contributed by atoms with Crippen LogP contribution in [0.2, 0.25) is 0 Å². The molecule has 1 aromatic heterocycles. The summed E-state index contributed by atoms with van der Waals surface area (Å²) < 4.78 is 47.5. The summed E-state index contributed by atoms with van der Waals surface area (Å²) in [5.74, 6) is -1.68. The first-order valence-corrected chi connectivity index (χ1v) is 14.1. The summed E-state index contributed by atoms with van der Waals surface area (Å²) in [5.41, 5.74) is 1.94. The molecule has 2 heterocycles. The summed E-state index contributed by atoms with van der Waals surface area (Å²) >= 11 is 0. The summed E-state index contributed by atoms with van der Waals surface area (Å²) in [6.45, 7) is 3.14. The van der Waals surface area contributed by atoms with Gasteiger partial charge in [-0.2, -0.15) is 0 Å². The Labute approximate surface area is 232 Å². The van der Waals surface area contributed by atoms with Crippen LogP contribution in [-0.4, -0.2) is 65.9 Å². The second-order valence-electron chi connectivity index (χ2n) is 9.60. The number of aryl methyl sites for hydroxylation is 1. The monoisotopic (exact) mass is 570 g/mol. The summed E-state index contributed by atoms with van der Waals surface area (Å²) in [6.07, 6.45) is 1.64. The first kappa shape index (κ1) is 29.1. The van der Waals surface area contributed by atoms with Crippen LogP contribution >= 0.6 is 0 Å². The molecule has 1 aliphatic heterocycles. The largest absolute Gasteiger partial charge is 0.489 e. The average Bonchev–Trinajstić information content (AvgIpc) is 2.91. The van der Waals surface area contributed by atoms with Gasteiger partial charge in [0.05, 0.1) is 17.0 Å². The number of sulfonamides is 1. The average molecular weight is 571 g/mol. The lowest BCUT2D eigenvalue weighted by Crippen LogP contribution is -2.64. The molecule has 2 amide bonds. The second kappa shape index (κ2) is 12.5. The van der Waals surface area contributed by atoms with Gasteiger partial charge in [-0.25, -0.2) is 17.1 Å². The van der Waals surface area contributed by atoms with Crippen molar-refractivity contribution in [2.75, 3.05) is 13.1 Å². The van der Waals surface area contributed by atoms with Crippen LogP contribution in [0.3, 0.4) is 0 Å². The second-order valence-corrected chi connectivity index (χ2v) is 11.5. The van der Waals surface area contributed by atoms with Crippen molar-refractivity contribution < 1.29 is 32.2 Å². The van der Waals surface area contributed by atoms with E-state index in [4.69, 9.17) is 4.74 Å². The van der Waals surface area contributed by atoms with E-state index in [9.17, 15) is 27.5 Å². The number of carbonyl (C=O) groups excluding carboxylic acids is 2. The maximum absolute atomic E-state index is 14.5. The number of pyridine rings is 1. The predicted molar refractivity (Wildman–Crippen MR) is 144 cm³/mol. The smallest absolute Gasteiger partial charge is 0.266 e. The number of amides is 2. The highest BCUT2D eigenvalue weighted by Crippen LogP contribution is 2.23. The number of nitrogens with one attached hydrogen (secondary N) is 2. The van der Waals surface area contributed by atoms with E-state index in [0.29, 0.717) is 11.1 Å². The van der Waals surface area contributed by atoms with Gasteiger partial charge in [-0.3, -0.25) is 14.6 Å². The zero-order valence-corrected chi connectivity index (χ0v) is 22.9. The minimum absolute atomic E-state index is 0.0338. The fourth-order valence-electron chi connectivity index (χ4n) is 4.55. The van der Waals surface area contributed by atoms with Crippen LogP contribution in [0.1, 0.15) is 23.6 Å². The number of halogens is 1. The summed E-state index contributed by atoms with van der Waals surface area (Å²) in [7, 11) is -4.17. The number of nitrogens with zero attached hydrogens (tertiary/aromatic N) is 2. The zero-order chi connectivity index (χ0) is 28.9. The lowest BCUT2D eigenvalue weighted by atomic mass is 9.94. The van der Waals surface area contributed by atoms with Crippen molar-refractivity contribution in [3.63, 3.8) is 0 Å². The van der Waals surface area contributed by atoms with Crippen molar-refractivity contribution in [3.05, 3.63) is 89.5 Å². The molecule has 0 bridgehead atoms. The van der Waals surface area contributed by atoms with Crippen LogP contribution in [0.5, 0.6) is 5.75 Å². The van der Waals surface area contributed by atoms with Gasteiger partial charge in [0, 0.05) is 38.5 Å². The summed E-state index contributed by atoms with van der Waals surface area (Å²) in [6, 6.07) is 11.4. The topological polar surface area (TPSA) is 138 Å². The van der Waals surface area contributed by atoms with Crippen molar-refractivity contribution in [3.8, 4) is 5.75 Å². The Morgan fingerprint density at radius 2 is 1.95 bits per heavy atom. The SMILES string of the molecule is CC(=O)N[C@@H](Cc1cc(F)cc(OCc2ccncc2)c1)[C@H](O)[C@@H]1NCCN(S(=O)(=O)c2cccc(C)c2)C1=O. The van der Waals surface area contributed by atoms with E-state index in [1.165, 1.54) is 31.2 Å². The number of hydrogen-bond donors (Lipinski definition) is 3. The number of rotatable bonds is 10. The Morgan fingerprint density at radius 3 is 2.65 bits per heavy atom. The molecule has 2 aromatic carbocycles. The van der Waals surface area contributed by atoms with Crippen LogP contribution in [-0.2, 0) is 32.6 Å². The van der Waals surface area contributed by atoms with Crippen molar-refractivity contribution in [1.29, 1.82) is 0 Å². The number of hydrogen-bond acceptors (Lipinski definition) is 8. The molecular weight excluding hydrogens is 539 g/mol. The van der Waals surface area contributed by atoms with Gasteiger partial charge in [-0.15, -0.1) is 0 Å². The number of aliphatic hydroxyl groups is 1. The molecule has 0 spiro atoms. The maximum atomic E-state index is 14.5. The van der Waals surface area contributed by atoms with Crippen LogP contribution in [0.15, 0.2) is 71.9 Å². The Hall–Kier alpha value is -3.87. The molecular formula is C28H31FN4O6S. The molecule has 0 radical (unpaired) electrons. The van der Waals surface area contributed by atoms with Gasteiger partial charge in [0.2, 0.25) is 5.91 Å². The quantitative estimate of drug-likeness (QED) is 0.335. The fraction of sp³-hybridized carbons (Fsp3) is 0.321. The van der Waals surface area contributed by atoms with Gasteiger partial charge < -0.3 is 20.5 Å². The minimum atomic E-state index is -4.17. The highest BCUT2D eigenvalue weighted by atomic mass is 32.2. The highest BCUT2D eigenvalue weighted by Gasteiger charge is 2.42. The third-order valence-electron chi connectivity index (χ3n) is 6.45. The molecule has 0 saturated carbocycles. The van der Waals surface area contributed by atoms with Crippen LogP contribution in [0.4, 0.5) is 4.39 Å². The molecule has 12 heteroatoms. The van der Waals surface area contributed by atoms with E-state index in [1.807, 2.05) is 0 Å². The molecule has 4 rings (SSSR count). The van der Waals surface area contributed by atoms with Crippen molar-refractivity contribution in [2.45, 2.75) is 50.0 Å². The first-order valence-electron chi connectivity index (χ1n) is 12.7. The van der Waals surface area contributed by atoms with Gasteiger partial charge in [0.15, 0.2) is 0 Å². The molecule has 0 unspecified atom stereocenters. The number of ether oxygens (including phenoxy) is 1. The van der Waals surface area contributed by atoms with Gasteiger partial charge in [0.25, 0.3) is 15.9 Å². The van der Waals surface area contributed by atoms with Crippen LogP contribution in [0, 0.1) is 12.7 Å². The Morgan fingerprint density at radius 1 is 1.20 bits per heavy atom. The lowest BCUT2D eigenvalue weighted by molar-refractivity contribution is -0.135. The molecule has 10 nitrogen and oxygen atoms in total. The zero-order valence-electron chi connectivity index (χ0n) is 22.1. The molecule has 1 saturated heterocycles. The summed E-state index contributed by atoms with van der Waals surface area (Å²) in [5, 5.41) is 16.7. The number of piperazine rings is 1. The van der Waals surface area contributed by atoms with Crippen LogP contribution in [0.25, 0.3) is 0 Å². The third-order valence-corrected chi connectivity index (χ3v) is 8.24. The number of aromatic nitrogens is 1. The molecule has 0 aliphatic carbocycles. The number of aliphatic hydroxyl groups excluding tert-OH is 1. The standard InChI is InChI=1S/C28H31FN4O6S/c1-18-4-3-5-24(12-18)40(37,38)33-11-10-31-26(28(33)36)27(35)25(32-19(2)34)15-21-13-22(29)16-23(14-21)39-17-20-6-8-30-9-7-20/h3-9,12-14,16,25-27,31,35H,10-11,15,17H2,1-2H3,(H,32,34)/t25-,26-,27-/m0/s1. The lowest BCUT2D eigenvalue weighted by Gasteiger charge is -2.37. The van der Waals surface area contributed by atoms with Crippen molar-refractivity contribution in [2.24, 2.45) is 0 Å². The van der Waals surface area contributed by atoms with Crippen molar-refractivity contribution >= 4 is 21.8 Å². The van der Waals surface area contributed by atoms with E-state index < -0.39 is 45.8 Å². The fourth-order valence-corrected chi connectivity index (χ4v) is 6.08. The predicted octanol–water partition coefficient (Wildman–Crippen LogP) is 1.71. The molecule has 1 fully saturated rings. The normalized spacial score (nSPS) is 17.2.